The molecule has 1 heterocycles. The van der Waals surface area contributed by atoms with E-state index in [2.05, 4.69) is 0 Å². The first-order valence-electron chi connectivity index (χ1n) is 10.6. The van der Waals surface area contributed by atoms with Gasteiger partial charge < -0.3 is 4.90 Å². The molecule has 1 amide bonds. The van der Waals surface area contributed by atoms with E-state index in [4.69, 9.17) is 16.6 Å². The first-order valence-corrected chi connectivity index (χ1v) is 11.0. The molecule has 3 aromatic carbocycles. The van der Waals surface area contributed by atoms with E-state index in [9.17, 15) is 9.59 Å². The van der Waals surface area contributed by atoms with E-state index < -0.39 is 6.04 Å². The van der Waals surface area contributed by atoms with Crippen LogP contribution in [0.3, 0.4) is 0 Å². The van der Waals surface area contributed by atoms with Gasteiger partial charge in [0.25, 0.3) is 5.56 Å². The highest BCUT2D eigenvalue weighted by Crippen LogP contribution is 2.24. The van der Waals surface area contributed by atoms with Crippen molar-refractivity contribution in [1.82, 2.24) is 14.5 Å². The maximum absolute atomic E-state index is 13.5. The molecule has 0 N–H and O–H groups in total. The van der Waals surface area contributed by atoms with Crippen LogP contribution in [-0.2, 0) is 4.79 Å². The van der Waals surface area contributed by atoms with Gasteiger partial charge >= 0.3 is 0 Å². The zero-order valence-corrected chi connectivity index (χ0v) is 19.5. The van der Waals surface area contributed by atoms with Gasteiger partial charge in [-0.05, 0) is 55.8 Å². The number of amides is 1. The quantitative estimate of drug-likeness (QED) is 0.367. The van der Waals surface area contributed by atoms with Crippen molar-refractivity contribution in [2.75, 3.05) is 7.05 Å². The molecule has 0 spiro atoms. The van der Waals surface area contributed by atoms with E-state index in [-0.39, 0.29) is 11.5 Å². The van der Waals surface area contributed by atoms with Gasteiger partial charge in [-0.15, -0.1) is 0 Å². The summed E-state index contributed by atoms with van der Waals surface area (Å²) in [7, 11) is 1.70. The maximum Gasteiger partial charge on any atom is 0.266 e. The SMILES string of the molecule is Cc1ccc(-n2c(C(C)N(C)C(=O)/C=C/c3ccccc3)nc3cc(Cl)ccc3c2=O)cc1. The second-order valence-electron chi connectivity index (χ2n) is 7.98. The van der Waals surface area contributed by atoms with Crippen LogP contribution in [0.15, 0.2) is 83.7 Å². The van der Waals surface area contributed by atoms with E-state index in [1.807, 2.05) is 68.4 Å². The molecule has 0 aliphatic carbocycles. The zero-order valence-electron chi connectivity index (χ0n) is 18.7. The molecule has 1 unspecified atom stereocenters. The highest BCUT2D eigenvalue weighted by molar-refractivity contribution is 6.31. The van der Waals surface area contributed by atoms with E-state index in [0.717, 1.165) is 11.1 Å². The van der Waals surface area contributed by atoms with Crippen molar-refractivity contribution >= 4 is 34.5 Å². The summed E-state index contributed by atoms with van der Waals surface area (Å²) in [4.78, 5) is 32.8. The van der Waals surface area contributed by atoms with Crippen molar-refractivity contribution in [3.8, 4) is 5.69 Å². The zero-order chi connectivity index (χ0) is 23.5. The van der Waals surface area contributed by atoms with Crippen molar-refractivity contribution in [2.45, 2.75) is 19.9 Å². The molecule has 1 aromatic heterocycles. The number of halogens is 1. The van der Waals surface area contributed by atoms with Crippen molar-refractivity contribution < 1.29 is 4.79 Å². The Bertz CT molecular complexity index is 1390. The predicted molar refractivity (Wildman–Crippen MR) is 134 cm³/mol. The van der Waals surface area contributed by atoms with Crippen LogP contribution in [0.2, 0.25) is 5.02 Å². The first-order chi connectivity index (χ1) is 15.8. The normalized spacial score (nSPS) is 12.2. The number of rotatable bonds is 5. The molecule has 33 heavy (non-hydrogen) atoms. The van der Waals surface area contributed by atoms with Gasteiger partial charge in [0, 0.05) is 18.1 Å². The van der Waals surface area contributed by atoms with Gasteiger partial charge in [0.05, 0.1) is 22.6 Å². The summed E-state index contributed by atoms with van der Waals surface area (Å²) >= 11 is 6.17. The van der Waals surface area contributed by atoms with Gasteiger partial charge in [0.15, 0.2) is 0 Å². The molecule has 5 nitrogen and oxygen atoms in total. The average Bonchev–Trinajstić information content (AvgIpc) is 2.82. The van der Waals surface area contributed by atoms with E-state index in [1.165, 1.54) is 6.08 Å². The Hall–Kier alpha value is -3.70. The molecule has 0 bridgehead atoms. The predicted octanol–water partition coefficient (Wildman–Crippen LogP) is 5.58. The highest BCUT2D eigenvalue weighted by Gasteiger charge is 2.23. The van der Waals surface area contributed by atoms with Crippen LogP contribution in [0, 0.1) is 6.92 Å². The van der Waals surface area contributed by atoms with Crippen LogP contribution >= 0.6 is 11.6 Å². The van der Waals surface area contributed by atoms with E-state index in [1.54, 1.807) is 40.8 Å². The van der Waals surface area contributed by atoms with Gasteiger partial charge in [0.2, 0.25) is 5.91 Å². The molecule has 6 heteroatoms. The van der Waals surface area contributed by atoms with Crippen LogP contribution in [0.4, 0.5) is 0 Å². The Morgan fingerprint density at radius 3 is 2.45 bits per heavy atom. The van der Waals surface area contributed by atoms with E-state index >= 15 is 0 Å². The largest absolute Gasteiger partial charge is 0.332 e. The molecule has 0 aliphatic rings. The van der Waals surface area contributed by atoms with Gasteiger partial charge in [-0.3, -0.25) is 14.2 Å². The number of carbonyl (C=O) groups is 1. The number of aromatic nitrogens is 2. The summed E-state index contributed by atoms with van der Waals surface area (Å²) in [5, 5.41) is 0.963. The molecule has 4 aromatic rings. The Balaban J connectivity index is 1.80. The number of nitrogens with zero attached hydrogens (tertiary/aromatic N) is 3. The van der Waals surface area contributed by atoms with Gasteiger partial charge in [-0.2, -0.15) is 0 Å². The minimum absolute atomic E-state index is 0.192. The number of benzene rings is 3. The Kier molecular flexibility index (Phi) is 6.43. The highest BCUT2D eigenvalue weighted by atomic mass is 35.5. The van der Waals surface area contributed by atoms with Crippen LogP contribution in [0.1, 0.15) is 29.9 Å². The van der Waals surface area contributed by atoms with Crippen molar-refractivity contribution in [2.24, 2.45) is 0 Å². The third-order valence-corrected chi connectivity index (χ3v) is 5.90. The summed E-state index contributed by atoms with van der Waals surface area (Å²) in [5.74, 6) is 0.268. The number of fused-ring (bicyclic) bond motifs is 1. The molecule has 4 rings (SSSR count). The van der Waals surface area contributed by atoms with Gasteiger partial charge in [-0.25, -0.2) is 4.98 Å². The molecular formula is C27H24ClN3O2. The summed E-state index contributed by atoms with van der Waals surface area (Å²) in [6.07, 6.45) is 3.30. The molecule has 166 valence electrons. The molecule has 0 fully saturated rings. The lowest BCUT2D eigenvalue weighted by Gasteiger charge is -2.26. The fraction of sp³-hybridized carbons (Fsp3) is 0.148. The van der Waals surface area contributed by atoms with Crippen LogP contribution in [-0.4, -0.2) is 27.4 Å². The smallest absolute Gasteiger partial charge is 0.266 e. The van der Waals surface area contributed by atoms with Gasteiger partial charge in [-0.1, -0.05) is 59.6 Å². The third kappa shape index (κ3) is 4.73. The number of aryl methyl sites for hydroxylation is 1. The standard InChI is InChI=1S/C27H24ClN3O2/c1-18-9-13-22(14-10-18)31-26(29-24-17-21(28)12-15-23(24)27(31)33)19(2)30(3)25(32)16-11-20-7-5-4-6-8-20/h4-17,19H,1-3H3/b16-11+. The summed E-state index contributed by atoms with van der Waals surface area (Å²) in [6, 6.07) is 21.8. The number of hydrogen-bond acceptors (Lipinski definition) is 3. The molecule has 0 radical (unpaired) electrons. The average molecular weight is 458 g/mol. The molecule has 1 atom stereocenters. The second kappa shape index (κ2) is 9.43. The lowest BCUT2D eigenvalue weighted by molar-refractivity contribution is -0.126. The fourth-order valence-electron chi connectivity index (χ4n) is 3.61. The van der Waals surface area contributed by atoms with Crippen molar-refractivity contribution in [3.63, 3.8) is 0 Å². The van der Waals surface area contributed by atoms with Gasteiger partial charge in [0.1, 0.15) is 5.82 Å². The minimum atomic E-state index is -0.477. The van der Waals surface area contributed by atoms with Crippen LogP contribution in [0.25, 0.3) is 22.7 Å². The number of carbonyl (C=O) groups excluding carboxylic acids is 1. The Labute approximate surface area is 197 Å². The Morgan fingerprint density at radius 2 is 1.76 bits per heavy atom. The summed E-state index contributed by atoms with van der Waals surface area (Å²) in [6.45, 7) is 3.85. The topological polar surface area (TPSA) is 55.2 Å². The maximum atomic E-state index is 13.5. The van der Waals surface area contributed by atoms with Crippen LogP contribution in [0.5, 0.6) is 0 Å². The molecule has 0 saturated heterocycles. The van der Waals surface area contributed by atoms with Crippen LogP contribution < -0.4 is 5.56 Å². The molecule has 0 saturated carbocycles. The lowest BCUT2D eigenvalue weighted by Crippen LogP contribution is -2.34. The van der Waals surface area contributed by atoms with E-state index in [0.29, 0.717) is 27.4 Å². The number of likely N-dealkylation sites (N-methyl/N-ethyl adjacent to an activating group) is 1. The summed E-state index contributed by atoms with van der Waals surface area (Å²) in [5.41, 5.74) is 3.00. The second-order valence-corrected chi connectivity index (χ2v) is 8.41. The van der Waals surface area contributed by atoms with Crippen molar-refractivity contribution in [1.29, 1.82) is 0 Å². The monoisotopic (exact) mass is 457 g/mol. The first kappa shape index (κ1) is 22.5. The summed E-state index contributed by atoms with van der Waals surface area (Å²) < 4.78 is 1.57. The number of hydrogen-bond donors (Lipinski definition) is 0. The fourth-order valence-corrected chi connectivity index (χ4v) is 3.78. The molecule has 0 aliphatic heterocycles. The van der Waals surface area contributed by atoms with Crippen molar-refractivity contribution in [3.05, 3.63) is 111 Å². The molecular weight excluding hydrogens is 434 g/mol. The third-order valence-electron chi connectivity index (χ3n) is 5.67. The minimum Gasteiger partial charge on any atom is -0.332 e. The Morgan fingerprint density at radius 1 is 1.06 bits per heavy atom. The lowest BCUT2D eigenvalue weighted by atomic mass is 10.1.